The largest absolute Gasteiger partial charge is 0.453 e. The lowest BCUT2D eigenvalue weighted by Crippen LogP contribution is -2.39. The van der Waals surface area contributed by atoms with Gasteiger partial charge >= 0.3 is 11.4 Å². The van der Waals surface area contributed by atoms with Crippen LogP contribution in [0.3, 0.4) is 0 Å². The minimum absolute atomic E-state index is 0.0139. The maximum atomic E-state index is 11.6. The number of nitrogens with one attached hydrogen (secondary N) is 1. The van der Waals surface area contributed by atoms with E-state index in [4.69, 9.17) is 39.5 Å². The van der Waals surface area contributed by atoms with E-state index >= 15 is 0 Å². The van der Waals surface area contributed by atoms with Gasteiger partial charge in [-0.25, -0.2) is 9.59 Å². The Balaban J connectivity index is 2.28. The molecule has 1 rings (SSSR count). The molecule has 0 unspecified atom stereocenters. The fourth-order valence-electron chi connectivity index (χ4n) is 1.37. The van der Waals surface area contributed by atoms with Crippen molar-refractivity contribution in [2.45, 2.75) is 16.4 Å². The summed E-state index contributed by atoms with van der Waals surface area (Å²) < 4.78 is 7.91. The van der Waals surface area contributed by atoms with Gasteiger partial charge in [-0.15, -0.1) is 0 Å². The highest BCUT2D eigenvalue weighted by Gasteiger charge is 2.23. The number of carbonyl (C=O) groups is 3. The molecule has 132 valence electrons. The van der Waals surface area contributed by atoms with Crippen molar-refractivity contribution in [1.82, 2.24) is 5.32 Å². The lowest BCUT2D eigenvalue weighted by atomic mass is 10.2. The van der Waals surface area contributed by atoms with E-state index in [2.05, 4.69) is 10.1 Å². The third-order valence-corrected chi connectivity index (χ3v) is 3.62. The minimum atomic E-state index is -1.75. The van der Waals surface area contributed by atoms with Crippen molar-refractivity contribution in [1.29, 1.82) is 0 Å². The molecule has 0 heterocycles. The molecule has 0 aromatic heterocycles. The van der Waals surface area contributed by atoms with Gasteiger partial charge in [-0.05, 0) is 17.3 Å². The van der Waals surface area contributed by atoms with Crippen LogP contribution in [0.15, 0.2) is 30.3 Å². The molecule has 0 fully saturated rings. The lowest BCUT2D eigenvalue weighted by molar-refractivity contribution is -0.109. The van der Waals surface area contributed by atoms with Gasteiger partial charge in [-0.2, -0.15) is 0 Å². The van der Waals surface area contributed by atoms with Gasteiger partial charge in [0.25, 0.3) is 0 Å². The molecule has 1 aromatic rings. The summed E-state index contributed by atoms with van der Waals surface area (Å²) in [4.78, 5) is 33.9. The number of hydrogen-bond acceptors (Lipinski definition) is 6. The summed E-state index contributed by atoms with van der Waals surface area (Å²) in [5.41, 5.74) is 0.840. The van der Waals surface area contributed by atoms with Crippen molar-refractivity contribution in [3.8, 4) is 0 Å². The first kappa shape index (κ1) is 20.9. The third-order valence-electron chi connectivity index (χ3n) is 2.41. The predicted octanol–water partition coefficient (Wildman–Crippen LogP) is 3.72. The SMILES string of the molecule is O=C[C@H](CSC(=O)OCc1ccccc1)NC(=O)OCC(Cl)(Cl)Cl. The molecule has 10 heteroatoms. The first-order valence-corrected chi connectivity index (χ1v) is 8.71. The van der Waals surface area contributed by atoms with Gasteiger partial charge in [0.05, 0.1) is 6.04 Å². The van der Waals surface area contributed by atoms with E-state index in [1.54, 1.807) is 0 Å². The number of benzene rings is 1. The molecule has 1 N–H and O–H groups in total. The van der Waals surface area contributed by atoms with Crippen LogP contribution in [-0.2, 0) is 20.9 Å². The van der Waals surface area contributed by atoms with E-state index in [9.17, 15) is 14.4 Å². The highest BCUT2D eigenvalue weighted by Crippen LogP contribution is 2.25. The zero-order chi connectivity index (χ0) is 18.0. The smallest absolute Gasteiger partial charge is 0.407 e. The van der Waals surface area contributed by atoms with E-state index in [0.717, 1.165) is 17.3 Å². The van der Waals surface area contributed by atoms with Gasteiger partial charge in [-0.3, -0.25) is 0 Å². The first-order chi connectivity index (χ1) is 11.3. The summed E-state index contributed by atoms with van der Waals surface area (Å²) in [5.74, 6) is -0.0139. The average molecular weight is 415 g/mol. The maximum absolute atomic E-state index is 11.6. The van der Waals surface area contributed by atoms with Crippen LogP contribution in [0.2, 0.25) is 0 Å². The van der Waals surface area contributed by atoms with Crippen molar-refractivity contribution < 1.29 is 23.9 Å². The summed E-state index contributed by atoms with van der Waals surface area (Å²) in [6.07, 6.45) is -0.467. The van der Waals surface area contributed by atoms with Crippen LogP contribution < -0.4 is 5.32 Å². The molecule has 6 nitrogen and oxygen atoms in total. The molecule has 1 amide bonds. The molecule has 0 aliphatic heterocycles. The van der Waals surface area contributed by atoms with Crippen molar-refractivity contribution >= 4 is 64.2 Å². The number of rotatable bonds is 7. The Morgan fingerprint density at radius 2 is 1.88 bits per heavy atom. The third kappa shape index (κ3) is 9.87. The summed E-state index contributed by atoms with van der Waals surface area (Å²) in [7, 11) is 0. The Hall–Kier alpha value is -1.15. The maximum Gasteiger partial charge on any atom is 0.407 e. The van der Waals surface area contributed by atoms with Crippen LogP contribution in [0.1, 0.15) is 5.56 Å². The van der Waals surface area contributed by atoms with E-state index in [0.29, 0.717) is 6.29 Å². The average Bonchev–Trinajstić information content (AvgIpc) is 2.55. The number of amides is 1. The number of alkyl carbamates (subject to hydrolysis) is 1. The van der Waals surface area contributed by atoms with E-state index in [1.807, 2.05) is 30.3 Å². The molecular weight excluding hydrogens is 401 g/mol. The summed E-state index contributed by atoms with van der Waals surface area (Å²) >= 11 is 17.0. The molecular formula is C14H14Cl3NO5S. The fraction of sp³-hybridized carbons (Fsp3) is 0.357. The van der Waals surface area contributed by atoms with Crippen molar-refractivity contribution in [2.24, 2.45) is 0 Å². The molecule has 0 radical (unpaired) electrons. The normalized spacial score (nSPS) is 12.1. The van der Waals surface area contributed by atoms with Crippen LogP contribution in [0, 0.1) is 0 Å². The molecule has 0 saturated heterocycles. The molecule has 1 atom stereocenters. The Labute approximate surface area is 158 Å². The molecule has 0 saturated carbocycles. The Kier molecular flexibility index (Phi) is 9.28. The van der Waals surface area contributed by atoms with E-state index in [-0.39, 0.29) is 12.4 Å². The van der Waals surface area contributed by atoms with E-state index in [1.165, 1.54) is 0 Å². The zero-order valence-corrected chi connectivity index (χ0v) is 15.3. The van der Waals surface area contributed by atoms with Gasteiger partial charge < -0.3 is 19.6 Å². The molecule has 0 spiro atoms. The van der Waals surface area contributed by atoms with Crippen molar-refractivity contribution in [3.63, 3.8) is 0 Å². The monoisotopic (exact) mass is 413 g/mol. The summed E-state index contributed by atoms with van der Waals surface area (Å²) in [6.45, 7) is -0.349. The highest BCUT2D eigenvalue weighted by molar-refractivity contribution is 8.13. The lowest BCUT2D eigenvalue weighted by Gasteiger charge is -2.15. The second-order valence-corrected chi connectivity index (χ2v) is 7.88. The fourth-order valence-corrected chi connectivity index (χ4v) is 2.15. The molecule has 24 heavy (non-hydrogen) atoms. The van der Waals surface area contributed by atoms with Crippen molar-refractivity contribution in [2.75, 3.05) is 12.4 Å². The van der Waals surface area contributed by atoms with Crippen LogP contribution >= 0.6 is 46.6 Å². The number of alkyl halides is 3. The van der Waals surface area contributed by atoms with Gasteiger partial charge in [0, 0.05) is 5.75 Å². The van der Waals surface area contributed by atoms with Crippen LogP contribution in [0.25, 0.3) is 0 Å². The van der Waals surface area contributed by atoms with Gasteiger partial charge in [0.2, 0.25) is 3.79 Å². The number of carbonyl (C=O) groups excluding carboxylic acids is 3. The zero-order valence-electron chi connectivity index (χ0n) is 12.2. The second kappa shape index (κ2) is 10.7. The Morgan fingerprint density at radius 1 is 1.21 bits per heavy atom. The Bertz CT molecular complexity index is 553. The van der Waals surface area contributed by atoms with Crippen LogP contribution in [0.4, 0.5) is 9.59 Å². The predicted molar refractivity (Wildman–Crippen MR) is 93.7 cm³/mol. The first-order valence-electron chi connectivity index (χ1n) is 6.59. The molecule has 0 aliphatic rings. The number of thioether (sulfide) groups is 1. The van der Waals surface area contributed by atoms with Gasteiger partial charge in [0.15, 0.2) is 0 Å². The van der Waals surface area contributed by atoms with Gasteiger partial charge in [-0.1, -0.05) is 65.1 Å². The number of ether oxygens (including phenoxy) is 2. The summed E-state index contributed by atoms with van der Waals surface area (Å²) in [6, 6.07) is 8.18. The number of hydrogen-bond donors (Lipinski definition) is 1. The topological polar surface area (TPSA) is 81.7 Å². The van der Waals surface area contributed by atoms with Crippen molar-refractivity contribution in [3.05, 3.63) is 35.9 Å². The van der Waals surface area contributed by atoms with Gasteiger partial charge in [0.1, 0.15) is 19.5 Å². The number of aldehydes is 1. The van der Waals surface area contributed by atoms with Crippen LogP contribution in [-0.4, -0.2) is 39.9 Å². The quantitative estimate of drug-likeness (QED) is 0.416. The molecule has 0 bridgehead atoms. The van der Waals surface area contributed by atoms with E-state index < -0.39 is 27.8 Å². The Morgan fingerprint density at radius 3 is 2.46 bits per heavy atom. The molecule has 1 aromatic carbocycles. The molecule has 0 aliphatic carbocycles. The van der Waals surface area contributed by atoms with Crippen LogP contribution in [0.5, 0.6) is 0 Å². The number of halogens is 3. The summed E-state index contributed by atoms with van der Waals surface area (Å²) in [5, 5.41) is 1.67. The second-order valence-electron chi connectivity index (χ2n) is 4.41. The highest BCUT2D eigenvalue weighted by atomic mass is 35.6. The standard InChI is InChI=1S/C14H14Cl3NO5S/c15-14(16,17)9-23-12(20)18-11(6-19)8-24-13(21)22-7-10-4-2-1-3-5-10/h1-6,11H,7-9H2,(H,18,20)/t11-/m1/s1. The minimum Gasteiger partial charge on any atom is -0.453 e.